The number of esters is 1. The average Bonchev–Trinajstić information content (AvgIpc) is 2.59. The number of benzene rings is 1. The predicted octanol–water partition coefficient (Wildman–Crippen LogP) is 3.54. The van der Waals surface area contributed by atoms with E-state index in [9.17, 15) is 9.59 Å². The van der Waals surface area contributed by atoms with E-state index in [1.807, 2.05) is 0 Å². The van der Waals surface area contributed by atoms with Crippen molar-refractivity contribution in [2.75, 3.05) is 18.5 Å². The van der Waals surface area contributed by atoms with E-state index in [1.54, 1.807) is 18.2 Å². The van der Waals surface area contributed by atoms with Crippen molar-refractivity contribution in [2.24, 2.45) is 11.3 Å². The molecule has 1 saturated carbocycles. The van der Waals surface area contributed by atoms with Crippen LogP contribution in [0.4, 0.5) is 5.69 Å². The van der Waals surface area contributed by atoms with Crippen molar-refractivity contribution in [1.29, 1.82) is 0 Å². The second-order valence-electron chi connectivity index (χ2n) is 8.11. The second kappa shape index (κ2) is 7.56. The number of amides is 1. The summed E-state index contributed by atoms with van der Waals surface area (Å²) in [6.07, 6.45) is 3.99. The quantitative estimate of drug-likeness (QED) is 0.830. The zero-order valence-corrected chi connectivity index (χ0v) is 15.7. The van der Waals surface area contributed by atoms with E-state index < -0.39 is 0 Å². The molecule has 6 nitrogen and oxygen atoms in total. The van der Waals surface area contributed by atoms with Crippen LogP contribution >= 0.6 is 0 Å². The summed E-state index contributed by atoms with van der Waals surface area (Å²) in [5, 5.41) is 2.71. The Labute approximate surface area is 154 Å². The van der Waals surface area contributed by atoms with Gasteiger partial charge in [0, 0.05) is 6.07 Å². The van der Waals surface area contributed by atoms with Crippen molar-refractivity contribution in [2.45, 2.75) is 52.6 Å². The summed E-state index contributed by atoms with van der Waals surface area (Å²) in [5.74, 6) is 1.20. The summed E-state index contributed by atoms with van der Waals surface area (Å²) in [5.41, 5.74) is 0.858. The summed E-state index contributed by atoms with van der Waals surface area (Å²) >= 11 is 0. The average molecular weight is 361 g/mol. The van der Waals surface area contributed by atoms with E-state index in [0.29, 0.717) is 28.5 Å². The molecule has 0 spiro atoms. The van der Waals surface area contributed by atoms with Gasteiger partial charge in [-0.1, -0.05) is 20.8 Å². The van der Waals surface area contributed by atoms with Crippen molar-refractivity contribution < 1.29 is 23.8 Å². The molecule has 0 atom stereocenters. The largest absolute Gasteiger partial charge is 0.482 e. The van der Waals surface area contributed by atoms with Crippen LogP contribution in [0.15, 0.2) is 18.2 Å². The first-order valence-electron chi connectivity index (χ1n) is 9.20. The minimum Gasteiger partial charge on any atom is -0.482 e. The number of hydrogen-bond donors (Lipinski definition) is 1. The number of anilines is 1. The molecule has 1 aromatic rings. The van der Waals surface area contributed by atoms with Gasteiger partial charge >= 0.3 is 5.97 Å². The fourth-order valence-corrected chi connectivity index (χ4v) is 3.56. The van der Waals surface area contributed by atoms with Gasteiger partial charge in [0.25, 0.3) is 5.91 Å². The molecule has 0 unspecified atom stereocenters. The molecule has 1 fully saturated rings. The van der Waals surface area contributed by atoms with Gasteiger partial charge in [0.1, 0.15) is 17.6 Å². The lowest BCUT2D eigenvalue weighted by Gasteiger charge is -2.36. The van der Waals surface area contributed by atoms with Crippen molar-refractivity contribution in [3.05, 3.63) is 18.2 Å². The number of ether oxygens (including phenoxy) is 3. The zero-order valence-electron chi connectivity index (χ0n) is 15.7. The SMILES string of the molecule is CC(C)(C)C1CCC(OC(=O)COc2ccc3c(c2)NC(=O)CO3)CC1. The Hall–Kier alpha value is -2.24. The topological polar surface area (TPSA) is 73.9 Å². The summed E-state index contributed by atoms with van der Waals surface area (Å²) < 4.78 is 16.3. The van der Waals surface area contributed by atoms with Gasteiger partial charge in [-0.25, -0.2) is 4.79 Å². The predicted molar refractivity (Wildman–Crippen MR) is 97.4 cm³/mol. The van der Waals surface area contributed by atoms with Crippen molar-refractivity contribution >= 4 is 17.6 Å². The van der Waals surface area contributed by atoms with Gasteiger partial charge in [-0.3, -0.25) is 4.79 Å². The van der Waals surface area contributed by atoms with Crippen LogP contribution < -0.4 is 14.8 Å². The lowest BCUT2D eigenvalue weighted by molar-refractivity contribution is -0.153. The Balaban J connectivity index is 1.45. The van der Waals surface area contributed by atoms with Crippen LogP contribution in [0.1, 0.15) is 46.5 Å². The third kappa shape index (κ3) is 4.68. The van der Waals surface area contributed by atoms with Crippen LogP contribution in [0.25, 0.3) is 0 Å². The first kappa shape index (κ1) is 18.5. The number of carbonyl (C=O) groups is 2. The minimum absolute atomic E-state index is 0.0109. The first-order valence-corrected chi connectivity index (χ1v) is 9.20. The van der Waals surface area contributed by atoms with E-state index >= 15 is 0 Å². The molecule has 1 aromatic carbocycles. The van der Waals surface area contributed by atoms with Crippen molar-refractivity contribution in [1.82, 2.24) is 0 Å². The highest BCUT2D eigenvalue weighted by Gasteiger charge is 2.31. The molecule has 2 aliphatic rings. The Kier molecular flexibility index (Phi) is 5.39. The molecule has 0 aromatic heterocycles. The van der Waals surface area contributed by atoms with Gasteiger partial charge in [-0.05, 0) is 49.1 Å². The van der Waals surface area contributed by atoms with Gasteiger partial charge in [0.05, 0.1) is 5.69 Å². The minimum atomic E-state index is -0.359. The summed E-state index contributed by atoms with van der Waals surface area (Å²) in [6.45, 7) is 6.67. The molecule has 1 aliphatic heterocycles. The zero-order chi connectivity index (χ0) is 18.7. The van der Waals surface area contributed by atoms with Gasteiger partial charge in [-0.15, -0.1) is 0 Å². The van der Waals surface area contributed by atoms with Gasteiger partial charge < -0.3 is 19.5 Å². The normalized spacial score (nSPS) is 22.7. The van der Waals surface area contributed by atoms with Gasteiger partial charge in [0.2, 0.25) is 0 Å². The molecule has 1 aliphatic carbocycles. The second-order valence-corrected chi connectivity index (χ2v) is 8.11. The molecular weight excluding hydrogens is 334 g/mol. The molecule has 0 saturated heterocycles. The molecule has 3 rings (SSSR count). The van der Waals surface area contributed by atoms with E-state index in [0.717, 1.165) is 25.7 Å². The molecule has 1 amide bonds. The Morgan fingerprint density at radius 2 is 1.96 bits per heavy atom. The van der Waals surface area contributed by atoms with Crippen molar-refractivity contribution in [3.8, 4) is 11.5 Å². The van der Waals surface area contributed by atoms with Crippen LogP contribution in [0.3, 0.4) is 0 Å². The van der Waals surface area contributed by atoms with Crippen molar-refractivity contribution in [3.63, 3.8) is 0 Å². The molecule has 26 heavy (non-hydrogen) atoms. The smallest absolute Gasteiger partial charge is 0.344 e. The van der Waals surface area contributed by atoms with Gasteiger partial charge in [0.15, 0.2) is 13.2 Å². The molecule has 142 valence electrons. The number of fused-ring (bicyclic) bond motifs is 1. The van der Waals surface area contributed by atoms with Crippen LogP contribution in [0.2, 0.25) is 0 Å². The molecular formula is C20H27NO5. The van der Waals surface area contributed by atoms with Crippen LogP contribution in [0.5, 0.6) is 11.5 Å². The standard InChI is InChI=1S/C20H27NO5/c1-20(2,3)13-4-6-14(7-5-13)26-19(23)12-24-15-8-9-17-16(10-15)21-18(22)11-25-17/h8-10,13-14H,4-7,11-12H2,1-3H3,(H,21,22). The first-order chi connectivity index (χ1) is 12.3. The van der Waals surface area contributed by atoms with Gasteiger partial charge in [-0.2, -0.15) is 0 Å². The van der Waals surface area contributed by atoms with Crippen LogP contribution in [0, 0.1) is 11.3 Å². The molecule has 1 heterocycles. The third-order valence-electron chi connectivity index (χ3n) is 5.14. The number of nitrogens with one attached hydrogen (secondary N) is 1. The van der Waals surface area contributed by atoms with Crippen LogP contribution in [-0.4, -0.2) is 31.2 Å². The maximum atomic E-state index is 12.1. The monoisotopic (exact) mass is 361 g/mol. The maximum absolute atomic E-state index is 12.1. The Bertz CT molecular complexity index is 671. The van der Waals surface area contributed by atoms with E-state index in [-0.39, 0.29) is 31.2 Å². The molecule has 0 radical (unpaired) electrons. The fourth-order valence-electron chi connectivity index (χ4n) is 3.56. The lowest BCUT2D eigenvalue weighted by Crippen LogP contribution is -2.31. The number of rotatable bonds is 4. The van der Waals surface area contributed by atoms with E-state index in [2.05, 4.69) is 26.1 Å². The highest BCUT2D eigenvalue weighted by molar-refractivity contribution is 5.95. The highest BCUT2D eigenvalue weighted by Crippen LogP contribution is 2.38. The number of carbonyl (C=O) groups excluding carboxylic acids is 2. The Morgan fingerprint density at radius 1 is 1.23 bits per heavy atom. The van der Waals surface area contributed by atoms with E-state index in [1.165, 1.54) is 0 Å². The molecule has 0 bridgehead atoms. The van der Waals surface area contributed by atoms with Crippen LogP contribution in [-0.2, 0) is 14.3 Å². The van der Waals surface area contributed by atoms with E-state index in [4.69, 9.17) is 14.2 Å². The maximum Gasteiger partial charge on any atom is 0.344 e. The highest BCUT2D eigenvalue weighted by atomic mass is 16.6. The Morgan fingerprint density at radius 3 is 2.65 bits per heavy atom. The fraction of sp³-hybridized carbons (Fsp3) is 0.600. The third-order valence-corrected chi connectivity index (χ3v) is 5.14. The lowest BCUT2D eigenvalue weighted by atomic mass is 9.72. The summed E-state index contributed by atoms with van der Waals surface area (Å²) in [6, 6.07) is 5.07. The molecule has 6 heteroatoms. The molecule has 1 N–H and O–H groups in total. The summed E-state index contributed by atoms with van der Waals surface area (Å²) in [4.78, 5) is 23.4. The summed E-state index contributed by atoms with van der Waals surface area (Å²) in [7, 11) is 0. The number of hydrogen-bond acceptors (Lipinski definition) is 5.